The molecule has 0 aromatic heterocycles. The predicted molar refractivity (Wildman–Crippen MR) is 94.6 cm³/mol. The summed E-state index contributed by atoms with van der Waals surface area (Å²) in [4.78, 5) is 37.3. The molecule has 6 nitrogen and oxygen atoms in total. The Hall–Kier alpha value is -2.28. The highest BCUT2D eigenvalue weighted by Gasteiger charge is 2.41. The van der Waals surface area contributed by atoms with Crippen LogP contribution in [0.5, 0.6) is 0 Å². The Kier molecular flexibility index (Phi) is 5.36. The molecule has 0 aliphatic carbocycles. The Morgan fingerprint density at radius 2 is 2.04 bits per heavy atom. The van der Waals surface area contributed by atoms with Crippen molar-refractivity contribution in [2.45, 2.75) is 51.1 Å². The molecule has 2 unspecified atom stereocenters. The van der Waals surface area contributed by atoms with Gasteiger partial charge in [-0.15, -0.1) is 0 Å². The molecule has 0 saturated carbocycles. The van der Waals surface area contributed by atoms with Crippen LogP contribution < -0.4 is 10.6 Å². The monoisotopic (exact) mass is 361 g/mol. The molecule has 3 aliphatic rings. The van der Waals surface area contributed by atoms with Gasteiger partial charge in [0, 0.05) is 19.0 Å². The van der Waals surface area contributed by atoms with Gasteiger partial charge in [-0.25, -0.2) is 4.39 Å². The van der Waals surface area contributed by atoms with Crippen molar-refractivity contribution >= 4 is 17.7 Å². The number of amides is 3. The van der Waals surface area contributed by atoms with Gasteiger partial charge in [0.2, 0.25) is 11.8 Å². The first-order valence-electron chi connectivity index (χ1n) is 9.02. The van der Waals surface area contributed by atoms with Crippen LogP contribution in [0, 0.1) is 0 Å². The first-order chi connectivity index (χ1) is 12.4. The summed E-state index contributed by atoms with van der Waals surface area (Å²) in [6, 6.07) is -0.640. The second kappa shape index (κ2) is 7.53. The molecule has 0 bridgehead atoms. The quantitative estimate of drug-likeness (QED) is 0.590. The third-order valence-corrected chi connectivity index (χ3v) is 5.23. The van der Waals surface area contributed by atoms with E-state index in [1.54, 1.807) is 0 Å². The summed E-state index contributed by atoms with van der Waals surface area (Å²) in [7, 11) is 0. The zero-order chi connectivity index (χ0) is 18.8. The third kappa shape index (κ3) is 3.62. The number of carbonyl (C=O) groups is 3. The number of carbonyl (C=O) groups excluding carboxylic acids is 3. The lowest BCUT2D eigenvalue weighted by Gasteiger charge is -2.28. The Morgan fingerprint density at radius 1 is 1.27 bits per heavy atom. The summed E-state index contributed by atoms with van der Waals surface area (Å²) >= 11 is 0. The molecule has 0 aromatic rings. The van der Waals surface area contributed by atoms with E-state index in [9.17, 15) is 18.8 Å². The lowest BCUT2D eigenvalue weighted by molar-refractivity contribution is -0.142. The molecule has 3 heterocycles. The van der Waals surface area contributed by atoms with Gasteiger partial charge in [-0.05, 0) is 44.4 Å². The molecular weight excluding hydrogens is 337 g/mol. The molecule has 0 aromatic carbocycles. The summed E-state index contributed by atoms with van der Waals surface area (Å²) < 4.78 is 14.8. The van der Waals surface area contributed by atoms with E-state index < -0.39 is 23.7 Å². The molecule has 3 aliphatic heterocycles. The largest absolute Gasteiger partial charge is 0.322 e. The van der Waals surface area contributed by atoms with Crippen LogP contribution in [0.4, 0.5) is 4.39 Å². The summed E-state index contributed by atoms with van der Waals surface area (Å²) in [6.45, 7) is 6.66. The van der Waals surface area contributed by atoms with Gasteiger partial charge in [-0.1, -0.05) is 18.6 Å². The number of piperidine rings is 2. The predicted octanol–water partition coefficient (Wildman–Crippen LogP) is 1.50. The molecule has 3 fully saturated rings. The minimum atomic E-state index is -0.757. The number of nitrogens with zero attached hydrogens (tertiary/aromatic N) is 1. The molecule has 2 atom stereocenters. The molecule has 7 heteroatoms. The molecule has 3 amide bonds. The number of imide groups is 1. The van der Waals surface area contributed by atoms with E-state index in [1.807, 2.05) is 6.92 Å². The number of likely N-dealkylation sites (tertiary alicyclic amines) is 1. The Bertz CT molecular complexity index is 720. The molecular formula is C19H24FN3O3. The molecule has 3 saturated heterocycles. The van der Waals surface area contributed by atoms with Crippen molar-refractivity contribution in [1.82, 2.24) is 15.5 Å². The van der Waals surface area contributed by atoms with Gasteiger partial charge in [0.25, 0.3) is 5.91 Å². The van der Waals surface area contributed by atoms with Crippen LogP contribution in [0.3, 0.4) is 0 Å². The molecule has 2 N–H and O–H groups in total. The highest BCUT2D eigenvalue weighted by Crippen LogP contribution is 2.31. The normalized spacial score (nSPS) is 29.9. The number of nitrogens with one attached hydrogen (secondary N) is 2. The maximum absolute atomic E-state index is 14.8. The Balaban J connectivity index is 1.80. The van der Waals surface area contributed by atoms with Gasteiger partial charge in [0.1, 0.15) is 11.9 Å². The summed E-state index contributed by atoms with van der Waals surface area (Å²) in [5.74, 6) is -2.01. The first kappa shape index (κ1) is 18.5. The lowest BCUT2D eigenvalue weighted by Crippen LogP contribution is -2.52. The minimum Gasteiger partial charge on any atom is -0.322 e. The fourth-order valence-corrected chi connectivity index (χ4v) is 3.77. The number of halogens is 1. The van der Waals surface area contributed by atoms with Gasteiger partial charge in [0.15, 0.2) is 0 Å². The fourth-order valence-electron chi connectivity index (χ4n) is 3.77. The first-order valence-corrected chi connectivity index (χ1v) is 9.02. The molecule has 0 radical (unpaired) electrons. The van der Waals surface area contributed by atoms with Gasteiger partial charge in [-0.3, -0.25) is 19.7 Å². The van der Waals surface area contributed by atoms with Crippen molar-refractivity contribution in [3.8, 4) is 0 Å². The highest BCUT2D eigenvalue weighted by atomic mass is 19.1. The maximum atomic E-state index is 14.8. The minimum absolute atomic E-state index is 0.0649. The molecule has 3 rings (SSSR count). The van der Waals surface area contributed by atoms with Crippen molar-refractivity contribution in [2.75, 3.05) is 13.1 Å². The zero-order valence-electron chi connectivity index (χ0n) is 14.9. The lowest BCUT2D eigenvalue weighted by atomic mass is 9.97. The van der Waals surface area contributed by atoms with Crippen LogP contribution in [0.2, 0.25) is 0 Å². The van der Waals surface area contributed by atoms with Gasteiger partial charge in [-0.2, -0.15) is 0 Å². The number of hydrogen-bond donors (Lipinski definition) is 2. The van der Waals surface area contributed by atoms with Crippen molar-refractivity contribution in [1.29, 1.82) is 0 Å². The summed E-state index contributed by atoms with van der Waals surface area (Å²) in [5.41, 5.74) is 1.14. The smallest absolute Gasteiger partial charge is 0.258 e. The van der Waals surface area contributed by atoms with Crippen LogP contribution in [0.15, 0.2) is 35.2 Å². The second-order valence-corrected chi connectivity index (χ2v) is 7.12. The van der Waals surface area contributed by atoms with Crippen LogP contribution in [0.1, 0.15) is 39.0 Å². The van der Waals surface area contributed by atoms with Crippen molar-refractivity contribution in [3.63, 3.8) is 0 Å². The van der Waals surface area contributed by atoms with E-state index in [1.165, 1.54) is 11.0 Å². The van der Waals surface area contributed by atoms with E-state index >= 15 is 0 Å². The fraction of sp³-hybridized carbons (Fsp3) is 0.526. The Morgan fingerprint density at radius 3 is 2.69 bits per heavy atom. The topological polar surface area (TPSA) is 78.5 Å². The van der Waals surface area contributed by atoms with Crippen LogP contribution >= 0.6 is 0 Å². The van der Waals surface area contributed by atoms with Crippen LogP contribution in [-0.4, -0.2) is 47.8 Å². The van der Waals surface area contributed by atoms with E-state index in [0.29, 0.717) is 5.57 Å². The zero-order valence-corrected chi connectivity index (χ0v) is 14.9. The standard InChI is InChI=1S/C19H24FN3O3/c1-11(14-5-3-4-8-21-14)9-13(20)17-12(2)10-23(19(17)26)15-6-7-16(24)22-18(15)25/h9,14-15,21H,2-8,10H2,1H3,(H,22,24,25)/b11-9+,17-13-. The average Bonchev–Trinajstić information content (AvgIpc) is 2.90. The third-order valence-electron chi connectivity index (χ3n) is 5.23. The SMILES string of the molecule is C=C1CN(C2CCC(=O)NC2=O)C(=O)/C1=C(F)/C=C(\C)C1CCCCN1. The van der Waals surface area contributed by atoms with E-state index in [4.69, 9.17) is 0 Å². The average molecular weight is 361 g/mol. The second-order valence-electron chi connectivity index (χ2n) is 7.12. The van der Waals surface area contributed by atoms with Gasteiger partial charge < -0.3 is 10.2 Å². The molecule has 0 spiro atoms. The van der Waals surface area contributed by atoms with Crippen LogP contribution in [-0.2, 0) is 14.4 Å². The van der Waals surface area contributed by atoms with E-state index in [0.717, 1.165) is 31.4 Å². The molecule has 26 heavy (non-hydrogen) atoms. The number of allylic oxidation sites excluding steroid dienone is 2. The number of hydrogen-bond acceptors (Lipinski definition) is 4. The van der Waals surface area contributed by atoms with Crippen molar-refractivity contribution in [2.24, 2.45) is 0 Å². The van der Waals surface area contributed by atoms with Gasteiger partial charge in [0.05, 0.1) is 5.57 Å². The number of rotatable bonds is 3. The van der Waals surface area contributed by atoms with Crippen molar-refractivity contribution in [3.05, 3.63) is 35.2 Å². The Labute approximate surface area is 152 Å². The summed E-state index contributed by atoms with van der Waals surface area (Å²) in [6.07, 6.45) is 4.97. The highest BCUT2D eigenvalue weighted by molar-refractivity contribution is 6.07. The van der Waals surface area contributed by atoms with E-state index in [2.05, 4.69) is 17.2 Å². The van der Waals surface area contributed by atoms with E-state index in [-0.39, 0.29) is 36.9 Å². The summed E-state index contributed by atoms with van der Waals surface area (Å²) in [5, 5.41) is 5.58. The molecule has 140 valence electrons. The maximum Gasteiger partial charge on any atom is 0.258 e. The van der Waals surface area contributed by atoms with Gasteiger partial charge >= 0.3 is 0 Å². The van der Waals surface area contributed by atoms with Crippen molar-refractivity contribution < 1.29 is 18.8 Å². The van der Waals surface area contributed by atoms with Crippen LogP contribution in [0.25, 0.3) is 0 Å².